The predicted molar refractivity (Wildman–Crippen MR) is 326 cm³/mol. The molecule has 0 atom stereocenters. The molecule has 0 saturated carbocycles. The molecule has 16 aromatic carbocycles. The van der Waals surface area contributed by atoms with E-state index in [0.29, 0.717) is 28.1 Å². The minimum atomic E-state index is -0.276. The molecule has 0 N–H and O–H groups in total. The van der Waals surface area contributed by atoms with E-state index in [1.807, 2.05) is 0 Å². The van der Waals surface area contributed by atoms with E-state index in [9.17, 15) is 9.59 Å². The maximum Gasteiger partial charge on any atom is 0.262 e. The van der Waals surface area contributed by atoms with Crippen molar-refractivity contribution >= 4 is 162 Å². The molecule has 2 heterocycles. The molecule has 0 amide bonds. The number of nitrogens with zero attached hydrogens (tertiary/aromatic N) is 2. The lowest BCUT2D eigenvalue weighted by molar-refractivity contribution is 0.568. The monoisotopic (exact) mass is 992 g/mol. The molecule has 0 unspecified atom stereocenters. The molecule has 0 radical (unpaired) electrons. The third kappa shape index (κ3) is 4.47. The summed E-state index contributed by atoms with van der Waals surface area (Å²) in [6, 6.07) is 31.6. The Bertz CT molecular complexity index is 5910. The first-order valence-corrected chi connectivity index (χ1v) is 27.5. The molecule has 0 aliphatic heterocycles. The maximum absolute atomic E-state index is 15.4. The molecule has 0 bridgehead atoms. The minimum absolute atomic E-state index is 0.199. The summed E-state index contributed by atoms with van der Waals surface area (Å²) in [5.74, 6) is 0. The van der Waals surface area contributed by atoms with Gasteiger partial charge in [-0.05, 0) is 245 Å². The van der Waals surface area contributed by atoms with Crippen molar-refractivity contribution in [3.8, 4) is 22.3 Å². The molecule has 18 aromatic rings. The van der Waals surface area contributed by atoms with Crippen LogP contribution in [-0.4, -0.2) is 9.13 Å². The number of unbranched alkanes of at least 4 members (excludes halogenated alkanes) is 3. The van der Waals surface area contributed by atoms with Crippen molar-refractivity contribution in [3.63, 3.8) is 0 Å². The van der Waals surface area contributed by atoms with Gasteiger partial charge in [-0.25, -0.2) is 0 Å². The third-order valence-electron chi connectivity index (χ3n) is 19.5. The third-order valence-corrected chi connectivity index (χ3v) is 19.5. The Hall–Kier alpha value is -8.74. The lowest BCUT2D eigenvalue weighted by atomic mass is 9.70. The summed E-state index contributed by atoms with van der Waals surface area (Å²) in [5.41, 5.74) is 11.0. The topological polar surface area (TPSA) is 78.1 Å². The molecule has 0 saturated heterocycles. The average molecular weight is 993 g/mol. The van der Waals surface area contributed by atoms with E-state index in [2.05, 4.69) is 133 Å². The van der Waals surface area contributed by atoms with Gasteiger partial charge in [-0.2, -0.15) is 0 Å². The van der Waals surface area contributed by atoms with Crippen LogP contribution in [0.1, 0.15) is 66.0 Å². The molecular weight excluding hydrogens is 945 g/mol. The highest BCUT2D eigenvalue weighted by atomic mass is 16.2. The summed E-state index contributed by atoms with van der Waals surface area (Å²) in [7, 11) is 1.62. The van der Waals surface area contributed by atoms with Gasteiger partial charge in [0.15, 0.2) is 0 Å². The molecule has 366 valence electrons. The lowest BCUT2D eigenvalue weighted by Gasteiger charge is -2.31. The van der Waals surface area contributed by atoms with Crippen molar-refractivity contribution in [3.05, 3.63) is 160 Å². The zero-order valence-electron chi connectivity index (χ0n) is 44.1. The summed E-state index contributed by atoms with van der Waals surface area (Å²) in [6.45, 7) is 15.8. The molecule has 2 aromatic heterocycles. The van der Waals surface area contributed by atoms with E-state index in [4.69, 9.17) is 0 Å². The molecule has 0 fully saturated rings. The highest BCUT2D eigenvalue weighted by Gasteiger charge is 2.37. The normalized spacial score (nSPS) is 13.4. The van der Waals surface area contributed by atoms with Crippen LogP contribution in [0.5, 0.6) is 0 Å². The second kappa shape index (κ2) is 13.4. The number of fused-ring (bicyclic) bond motifs is 6. The Balaban J connectivity index is 1.23. The van der Waals surface area contributed by atoms with E-state index in [-0.39, 0.29) is 22.2 Å². The maximum atomic E-state index is 15.4. The van der Waals surface area contributed by atoms with Crippen molar-refractivity contribution in [2.24, 2.45) is 7.05 Å². The fourth-order valence-electron chi connectivity index (χ4n) is 17.0. The van der Waals surface area contributed by atoms with Crippen LogP contribution in [-0.2, 0) is 13.6 Å². The van der Waals surface area contributed by atoms with Gasteiger partial charge in [-0.15, -0.1) is 0 Å². The summed E-state index contributed by atoms with van der Waals surface area (Å²) in [6.07, 6.45) is 3.83. The number of hydrogen-bond donors (Lipinski definition) is 0. The zero-order valence-corrected chi connectivity index (χ0v) is 44.1. The first-order valence-electron chi connectivity index (χ1n) is 27.5. The van der Waals surface area contributed by atoms with Crippen LogP contribution in [0.2, 0.25) is 0 Å². The number of aromatic nitrogens is 2. The lowest BCUT2D eigenvalue weighted by Crippen LogP contribution is -2.25. The fourth-order valence-corrected chi connectivity index (χ4v) is 17.0. The van der Waals surface area contributed by atoms with Gasteiger partial charge >= 0.3 is 0 Å². The van der Waals surface area contributed by atoms with E-state index in [1.165, 1.54) is 81.6 Å². The van der Waals surface area contributed by atoms with Crippen LogP contribution < -0.4 is 22.2 Å². The van der Waals surface area contributed by atoms with E-state index in [0.717, 1.165) is 144 Å². The number of benzene rings is 16. The second-order valence-corrected chi connectivity index (χ2v) is 23.6. The van der Waals surface area contributed by atoms with Crippen LogP contribution in [0.4, 0.5) is 0 Å². The molecule has 0 aliphatic carbocycles. The van der Waals surface area contributed by atoms with Crippen molar-refractivity contribution in [1.82, 2.24) is 9.13 Å². The van der Waals surface area contributed by atoms with Crippen molar-refractivity contribution in [1.29, 1.82) is 0 Å². The highest BCUT2D eigenvalue weighted by Crippen LogP contribution is 2.64. The zero-order chi connectivity index (χ0) is 52.0. The van der Waals surface area contributed by atoms with Gasteiger partial charge in [0.1, 0.15) is 0 Å². The Kier molecular flexibility index (Phi) is 7.41. The van der Waals surface area contributed by atoms with Crippen molar-refractivity contribution in [2.45, 2.75) is 80.7 Å². The highest BCUT2D eigenvalue weighted by molar-refractivity contribution is 6.63. The largest absolute Gasteiger partial charge is 0.277 e. The van der Waals surface area contributed by atoms with Gasteiger partial charge in [0, 0.05) is 13.6 Å². The van der Waals surface area contributed by atoms with Gasteiger partial charge in [-0.3, -0.25) is 28.3 Å². The van der Waals surface area contributed by atoms with Gasteiger partial charge in [0.2, 0.25) is 0 Å². The SMILES string of the molecule is CCCCCCn1c(=O)c2c3ccc4c(-c5c(C)cc(C)cc5C)c5ccc6cc7c8c(=O)n(C)c(=O)c8c8ccc9c(-c%10c(C)cc(C)cc%10C)c%10ccc%11cc(c2c1=O)c1c3c4c2c5c6c3c7c8c9c4c%10c%11c1c2c43. The Labute approximate surface area is 438 Å². The molecule has 0 aliphatic rings. The predicted octanol–water partition coefficient (Wildman–Crippen LogP) is 16.7. The summed E-state index contributed by atoms with van der Waals surface area (Å²) >= 11 is 0. The van der Waals surface area contributed by atoms with Gasteiger partial charge < -0.3 is 0 Å². The quantitative estimate of drug-likeness (QED) is 0.0905. The summed E-state index contributed by atoms with van der Waals surface area (Å²) < 4.78 is 2.86. The van der Waals surface area contributed by atoms with E-state index >= 15 is 9.59 Å². The number of aryl methyl sites for hydroxylation is 6. The average Bonchev–Trinajstić information content (AvgIpc) is 3.95. The number of rotatable bonds is 7. The molecule has 6 nitrogen and oxygen atoms in total. The van der Waals surface area contributed by atoms with Crippen molar-refractivity contribution in [2.75, 3.05) is 0 Å². The van der Waals surface area contributed by atoms with Crippen molar-refractivity contribution < 1.29 is 0 Å². The minimum Gasteiger partial charge on any atom is -0.277 e. The smallest absolute Gasteiger partial charge is 0.262 e. The van der Waals surface area contributed by atoms with Gasteiger partial charge in [0.05, 0.1) is 21.5 Å². The Morgan fingerprint density at radius 2 is 0.636 bits per heavy atom. The van der Waals surface area contributed by atoms with Gasteiger partial charge in [0.25, 0.3) is 22.2 Å². The van der Waals surface area contributed by atoms with Crippen LogP contribution in [0.3, 0.4) is 0 Å². The summed E-state index contributed by atoms with van der Waals surface area (Å²) in [4.78, 5) is 60.2. The molecular formula is C71H48N2O4. The fraction of sp³-hybridized carbons (Fsp3) is 0.183. The van der Waals surface area contributed by atoms with Crippen LogP contribution >= 0.6 is 0 Å². The standard InChI is InChI=1S/C71H48N2O4/c1-9-10-11-12-21-73-70(76)59-41-20-18-39-49(45-32(6)24-29(3)25-33(45)7)36-15-13-34-26-42-56-52-40(58-60(42)69(75)72(8)68(58)74)19-17-38-48(44-30(4)22-28(2)23-31(44)5)37-16-14-35-27-43(61(59)71(73)77)57-53(41)55(39)65-50(36)46(34)62(56)66-64(54(38)52)51(37)47(35)63(57)67(65)66/h13-20,22-27H,9-12,21H2,1-8H3. The molecule has 77 heavy (non-hydrogen) atoms. The van der Waals surface area contributed by atoms with E-state index < -0.39 is 0 Å². The van der Waals surface area contributed by atoms with Gasteiger partial charge in [-0.1, -0.05) is 110 Å². The second-order valence-electron chi connectivity index (χ2n) is 23.6. The van der Waals surface area contributed by atoms with Crippen LogP contribution in [0.25, 0.3) is 184 Å². The van der Waals surface area contributed by atoms with Crippen LogP contribution in [0, 0.1) is 41.5 Å². The summed E-state index contributed by atoms with van der Waals surface area (Å²) in [5, 5.41) is 29.9. The molecule has 18 rings (SSSR count). The van der Waals surface area contributed by atoms with E-state index in [1.54, 1.807) is 11.6 Å². The Morgan fingerprint density at radius 3 is 1.08 bits per heavy atom. The first-order chi connectivity index (χ1) is 37.3. The molecule has 0 spiro atoms. The van der Waals surface area contributed by atoms with Crippen LogP contribution in [0.15, 0.2) is 104 Å². The Morgan fingerprint density at radius 1 is 0.312 bits per heavy atom. The first kappa shape index (κ1) is 42.5. The molecule has 6 heteroatoms. The number of hydrogen-bond acceptors (Lipinski definition) is 4.